The van der Waals surface area contributed by atoms with Gasteiger partial charge in [-0.1, -0.05) is 0 Å². The summed E-state index contributed by atoms with van der Waals surface area (Å²) in [5, 5.41) is 3.46. The molecule has 1 fully saturated rings. The summed E-state index contributed by atoms with van der Waals surface area (Å²) >= 11 is 0. The summed E-state index contributed by atoms with van der Waals surface area (Å²) in [6.45, 7) is 8.00. The Labute approximate surface area is 295 Å². The van der Waals surface area contributed by atoms with Crippen LogP contribution in [0.3, 0.4) is 0 Å². The molecule has 2 aromatic carbocycles. The molecule has 10 nitrogen and oxygen atoms in total. The molecule has 0 aliphatic carbocycles. The number of ether oxygens (including phenoxy) is 2. The van der Waals surface area contributed by atoms with Gasteiger partial charge in [0.2, 0.25) is 0 Å². The van der Waals surface area contributed by atoms with Gasteiger partial charge < -0.3 is 43.9 Å². The first-order chi connectivity index (χ1) is 21.9. The number of imidazole rings is 1. The first-order valence-corrected chi connectivity index (χ1v) is 15.4. The first kappa shape index (κ1) is 36.3. The van der Waals surface area contributed by atoms with E-state index in [0.29, 0.717) is 41.7 Å². The van der Waals surface area contributed by atoms with Gasteiger partial charge in [0.25, 0.3) is 0 Å². The topological polar surface area (TPSA) is 107 Å². The summed E-state index contributed by atoms with van der Waals surface area (Å²) in [6, 6.07) is 13.8. The number of aryl methyl sites for hydroxylation is 2. The van der Waals surface area contributed by atoms with Gasteiger partial charge in [-0.3, -0.25) is 0 Å². The molecule has 0 saturated carbocycles. The van der Waals surface area contributed by atoms with Gasteiger partial charge >= 0.3 is 18.9 Å². The van der Waals surface area contributed by atoms with Crippen molar-refractivity contribution in [2.75, 3.05) is 29.9 Å². The second-order valence-electron chi connectivity index (χ2n) is 11.9. The van der Waals surface area contributed by atoms with Crippen LogP contribution < -0.4 is 38.6 Å². The van der Waals surface area contributed by atoms with Crippen molar-refractivity contribution >= 4 is 45.2 Å². The SMILES string of the molecule is [CH2-]/C=C/C(=O)CCC1CCCN2C[C@H]1COc1cc3ncnc(Nc4ccc(Oc5ccc6c(c5)ncn6C)c(C)c4)c3nc12.[CH3-].[CH3-].[Li+]. The Balaban J connectivity index is 0.00000173. The van der Waals surface area contributed by atoms with E-state index in [-0.39, 0.29) is 39.5 Å². The van der Waals surface area contributed by atoms with E-state index in [9.17, 15) is 4.79 Å². The molecule has 11 heteroatoms. The minimum absolute atomic E-state index is 0. The smallest absolute Gasteiger partial charge is 0.489 e. The van der Waals surface area contributed by atoms with Crippen molar-refractivity contribution < 1.29 is 33.1 Å². The number of fused-ring (bicyclic) bond motifs is 6. The number of hydrogen-bond acceptors (Lipinski definition) is 9. The Morgan fingerprint density at radius 3 is 2.79 bits per heavy atom. The summed E-state index contributed by atoms with van der Waals surface area (Å²) in [5.41, 5.74) is 5.19. The van der Waals surface area contributed by atoms with Crippen LogP contribution in [0.1, 0.15) is 31.2 Å². The molecule has 48 heavy (non-hydrogen) atoms. The van der Waals surface area contributed by atoms with Gasteiger partial charge in [-0.15, -0.1) is 0 Å². The summed E-state index contributed by atoms with van der Waals surface area (Å²) < 4.78 is 14.6. The van der Waals surface area contributed by atoms with E-state index in [1.165, 1.54) is 0 Å². The standard InChI is InChI=1S/C35H36N7O3.2CH3.Li/c1-4-6-26(43)10-8-23-7-5-14-42-18-24(23)19-44-32-17-29-33(40-35(32)42)34(37-20-36-29)39-25-9-13-31(22(2)15-25)45-27-11-12-30-28(16-27)38-21-41(30)3;;;/h4,6,9,11-13,15-17,20-21,23-24H,1,5,7-8,10,14,18-19H2,2-3H3,(H,36,37,39);2*1H3;/q3*-1;+1/b6-4+;;;/t23?,24-;;;/m0.../s1. The Morgan fingerprint density at radius 2 is 1.98 bits per heavy atom. The molecule has 1 unspecified atom stereocenters. The molecule has 1 saturated heterocycles. The van der Waals surface area contributed by atoms with Gasteiger partial charge in [0, 0.05) is 43.9 Å². The maximum Gasteiger partial charge on any atom is 1.00 e. The number of carbonyl (C=O) groups excluding carboxylic acids is 1. The van der Waals surface area contributed by atoms with Crippen LogP contribution in [0.2, 0.25) is 0 Å². The summed E-state index contributed by atoms with van der Waals surface area (Å²) in [4.78, 5) is 33.1. The number of anilines is 3. The van der Waals surface area contributed by atoms with Gasteiger partial charge in [-0.25, -0.2) is 32.9 Å². The zero-order valence-electron chi connectivity index (χ0n) is 28.6. The minimum Gasteiger partial charge on any atom is -0.489 e. The molecular formula is C37H42LiN7O3-2. The zero-order chi connectivity index (χ0) is 30.9. The number of ketones is 1. The van der Waals surface area contributed by atoms with Crippen molar-refractivity contribution in [1.82, 2.24) is 24.5 Å². The van der Waals surface area contributed by atoms with E-state index in [4.69, 9.17) is 14.5 Å². The van der Waals surface area contributed by atoms with Crippen molar-refractivity contribution in [3.8, 4) is 17.2 Å². The molecular weight excluding hydrogens is 597 g/mol. The predicted octanol–water partition coefficient (Wildman–Crippen LogP) is 4.62. The Bertz CT molecular complexity index is 1920. The average Bonchev–Trinajstić information content (AvgIpc) is 3.18. The second-order valence-corrected chi connectivity index (χ2v) is 11.9. The normalized spacial score (nSPS) is 16.8. The van der Waals surface area contributed by atoms with E-state index in [2.05, 4.69) is 32.1 Å². The molecule has 0 amide bonds. The maximum absolute atomic E-state index is 12.1. The Kier molecular flexibility index (Phi) is 11.8. The third kappa shape index (κ3) is 7.45. The fourth-order valence-corrected chi connectivity index (χ4v) is 6.47. The Hall–Kier alpha value is -4.52. The van der Waals surface area contributed by atoms with Gasteiger partial charge in [0.05, 0.1) is 35.3 Å². The maximum atomic E-state index is 12.1. The van der Waals surface area contributed by atoms with E-state index in [1.807, 2.05) is 61.0 Å². The molecule has 2 bridgehead atoms. The third-order valence-electron chi connectivity index (χ3n) is 8.86. The van der Waals surface area contributed by atoms with Gasteiger partial charge in [0.15, 0.2) is 17.4 Å². The molecule has 2 aliphatic heterocycles. The van der Waals surface area contributed by atoms with Crippen molar-refractivity contribution in [1.29, 1.82) is 0 Å². The minimum atomic E-state index is 0. The molecule has 5 aromatic rings. The molecule has 246 valence electrons. The third-order valence-corrected chi connectivity index (χ3v) is 8.86. The summed E-state index contributed by atoms with van der Waals surface area (Å²) in [6.07, 6.45) is 10.00. The van der Waals surface area contributed by atoms with Crippen molar-refractivity contribution in [2.45, 2.75) is 32.6 Å². The summed E-state index contributed by atoms with van der Waals surface area (Å²) in [7, 11) is 1.98. The van der Waals surface area contributed by atoms with E-state index in [1.54, 1.807) is 24.8 Å². The van der Waals surface area contributed by atoms with Crippen LogP contribution in [0.25, 0.3) is 22.1 Å². The number of aromatic nitrogens is 5. The van der Waals surface area contributed by atoms with Crippen LogP contribution in [0.5, 0.6) is 17.2 Å². The van der Waals surface area contributed by atoms with Crippen molar-refractivity contribution in [3.05, 3.63) is 94.6 Å². The number of rotatable bonds is 8. The number of pyridine rings is 1. The molecule has 0 spiro atoms. The van der Waals surface area contributed by atoms with Crippen LogP contribution >= 0.6 is 0 Å². The fourth-order valence-electron chi connectivity index (χ4n) is 6.47. The van der Waals surface area contributed by atoms with E-state index < -0.39 is 0 Å². The van der Waals surface area contributed by atoms with Crippen LogP contribution in [0.4, 0.5) is 17.3 Å². The molecule has 7 rings (SSSR count). The summed E-state index contributed by atoms with van der Waals surface area (Å²) in [5.74, 6) is 4.57. The molecule has 2 atom stereocenters. The van der Waals surface area contributed by atoms with Gasteiger partial charge in [-0.2, -0.15) is 6.08 Å². The van der Waals surface area contributed by atoms with Crippen LogP contribution in [0.15, 0.2) is 67.3 Å². The van der Waals surface area contributed by atoms with Gasteiger partial charge in [-0.05, 0) is 74.4 Å². The fraction of sp³-hybridized carbons (Fsp3) is 0.297. The first-order valence-electron chi connectivity index (χ1n) is 15.4. The largest absolute Gasteiger partial charge is 1.00 e. The van der Waals surface area contributed by atoms with Crippen molar-refractivity contribution in [3.63, 3.8) is 0 Å². The molecule has 3 aromatic heterocycles. The number of nitrogens with one attached hydrogen (secondary N) is 1. The van der Waals surface area contributed by atoms with Crippen LogP contribution in [-0.2, 0) is 11.8 Å². The van der Waals surface area contributed by atoms with Gasteiger partial charge in [0.1, 0.15) is 23.3 Å². The van der Waals surface area contributed by atoms with Crippen LogP contribution in [0, 0.1) is 40.5 Å². The monoisotopic (exact) mass is 639 g/mol. The number of nitrogens with zero attached hydrogens (tertiary/aromatic N) is 6. The quantitative estimate of drug-likeness (QED) is 0.148. The number of allylic oxidation sites excluding steroid dienone is 2. The van der Waals surface area contributed by atoms with Crippen LogP contribution in [-0.4, -0.2) is 50.0 Å². The zero-order valence-corrected chi connectivity index (χ0v) is 28.6. The number of carbonyl (C=O) groups is 1. The average molecular weight is 640 g/mol. The van der Waals surface area contributed by atoms with E-state index in [0.717, 1.165) is 77.7 Å². The van der Waals surface area contributed by atoms with E-state index >= 15 is 0 Å². The number of benzene rings is 2. The number of hydrogen-bond donors (Lipinski definition) is 1. The molecule has 1 N–H and O–H groups in total. The molecule has 5 heterocycles. The Morgan fingerprint density at radius 1 is 1.12 bits per heavy atom. The predicted molar refractivity (Wildman–Crippen MR) is 188 cm³/mol. The molecule has 2 aliphatic rings. The van der Waals surface area contributed by atoms with Crippen molar-refractivity contribution in [2.24, 2.45) is 18.9 Å². The molecule has 0 radical (unpaired) electrons. The second kappa shape index (κ2) is 15.6.